The average Bonchev–Trinajstić information content (AvgIpc) is 2.67. The molecule has 7 nitrogen and oxygen atoms in total. The summed E-state index contributed by atoms with van der Waals surface area (Å²) in [6.45, 7) is 0. The van der Waals surface area contributed by atoms with Gasteiger partial charge in [0, 0.05) is 5.56 Å². The molecule has 26 heavy (non-hydrogen) atoms. The fourth-order valence-corrected chi connectivity index (χ4v) is 2.45. The molecule has 8 heteroatoms. The van der Waals surface area contributed by atoms with E-state index in [2.05, 4.69) is 15.8 Å². The van der Waals surface area contributed by atoms with Crippen LogP contribution in [0, 0.1) is 0 Å². The summed E-state index contributed by atoms with van der Waals surface area (Å²) in [5.74, 6) is 2.26. The van der Waals surface area contributed by atoms with Crippen molar-refractivity contribution in [2.75, 3.05) is 33.8 Å². The molecule has 0 aliphatic heterocycles. The Morgan fingerprint density at radius 1 is 0.885 bits per heavy atom. The maximum atomic E-state index is 5.40. The maximum Gasteiger partial charge on any atom is 0.203 e. The van der Waals surface area contributed by atoms with Gasteiger partial charge in [-0.15, -0.1) is 0 Å². The van der Waals surface area contributed by atoms with Gasteiger partial charge >= 0.3 is 0 Å². The first-order valence-electron chi connectivity index (χ1n) is 7.66. The van der Waals surface area contributed by atoms with Crippen molar-refractivity contribution in [1.82, 2.24) is 5.43 Å². The molecule has 0 aliphatic rings. The molecule has 0 fully saturated rings. The molecule has 2 rings (SSSR count). The van der Waals surface area contributed by atoms with E-state index < -0.39 is 0 Å². The van der Waals surface area contributed by atoms with E-state index in [1.165, 1.54) is 0 Å². The number of hydrogen-bond acceptors (Lipinski definition) is 6. The van der Waals surface area contributed by atoms with Crippen LogP contribution in [0.1, 0.15) is 5.56 Å². The van der Waals surface area contributed by atoms with Crippen molar-refractivity contribution in [2.45, 2.75) is 0 Å². The second-order valence-corrected chi connectivity index (χ2v) is 5.36. The highest BCUT2D eigenvalue weighted by Crippen LogP contribution is 2.38. The normalized spacial score (nSPS) is 10.3. The van der Waals surface area contributed by atoms with Gasteiger partial charge in [0.05, 0.1) is 40.3 Å². The van der Waals surface area contributed by atoms with Crippen LogP contribution in [0.25, 0.3) is 0 Å². The summed E-state index contributed by atoms with van der Waals surface area (Å²) in [5, 5.41) is 7.48. The molecule has 0 atom stereocenters. The van der Waals surface area contributed by atoms with Crippen molar-refractivity contribution in [3.8, 4) is 23.0 Å². The highest BCUT2D eigenvalue weighted by Gasteiger charge is 2.14. The smallest absolute Gasteiger partial charge is 0.203 e. The van der Waals surface area contributed by atoms with Crippen LogP contribution in [0.5, 0.6) is 23.0 Å². The van der Waals surface area contributed by atoms with E-state index in [1.54, 1.807) is 40.7 Å². The van der Waals surface area contributed by atoms with Gasteiger partial charge in [0.15, 0.2) is 16.6 Å². The molecule has 0 unspecified atom stereocenters. The van der Waals surface area contributed by atoms with E-state index >= 15 is 0 Å². The Morgan fingerprint density at radius 3 is 2.23 bits per heavy atom. The van der Waals surface area contributed by atoms with Gasteiger partial charge in [-0.3, -0.25) is 5.43 Å². The van der Waals surface area contributed by atoms with E-state index in [0.29, 0.717) is 33.7 Å². The van der Waals surface area contributed by atoms with Crippen molar-refractivity contribution < 1.29 is 18.9 Å². The third-order valence-corrected chi connectivity index (χ3v) is 3.65. The maximum absolute atomic E-state index is 5.40. The third kappa shape index (κ3) is 4.54. The fraction of sp³-hybridized carbons (Fsp3) is 0.222. The Kier molecular flexibility index (Phi) is 7.04. The lowest BCUT2D eigenvalue weighted by molar-refractivity contribution is 0.324. The van der Waals surface area contributed by atoms with E-state index in [1.807, 2.05) is 30.3 Å². The molecule has 0 radical (unpaired) electrons. The number of para-hydroxylation sites is 2. The van der Waals surface area contributed by atoms with Gasteiger partial charge in [-0.25, -0.2) is 0 Å². The first kappa shape index (κ1) is 19.3. The van der Waals surface area contributed by atoms with Crippen molar-refractivity contribution in [3.05, 3.63) is 42.0 Å². The number of ether oxygens (including phenoxy) is 4. The molecule has 0 saturated heterocycles. The molecule has 0 spiro atoms. The summed E-state index contributed by atoms with van der Waals surface area (Å²) in [7, 11) is 6.26. The minimum Gasteiger partial charge on any atom is -0.495 e. The average molecular weight is 375 g/mol. The highest BCUT2D eigenvalue weighted by atomic mass is 32.1. The third-order valence-electron chi connectivity index (χ3n) is 3.46. The van der Waals surface area contributed by atoms with Gasteiger partial charge in [0.25, 0.3) is 0 Å². The van der Waals surface area contributed by atoms with Gasteiger partial charge in [0.2, 0.25) is 5.75 Å². The zero-order valence-electron chi connectivity index (χ0n) is 15.0. The van der Waals surface area contributed by atoms with Crippen LogP contribution in [0.3, 0.4) is 0 Å². The first-order chi connectivity index (χ1) is 12.6. The first-order valence-corrected chi connectivity index (χ1v) is 8.07. The number of nitrogens with zero attached hydrogens (tertiary/aromatic N) is 1. The predicted octanol–water partition coefficient (Wildman–Crippen LogP) is 3.04. The Morgan fingerprint density at radius 2 is 1.58 bits per heavy atom. The van der Waals surface area contributed by atoms with Gasteiger partial charge < -0.3 is 24.3 Å². The number of thiocarbonyl (C=S) groups is 1. The summed E-state index contributed by atoms with van der Waals surface area (Å²) >= 11 is 5.24. The lowest BCUT2D eigenvalue weighted by atomic mass is 10.2. The SMILES string of the molecule is COc1ccccc1NC(=S)N/N=C\c1ccc(OC)c(OC)c1OC. The molecule has 0 bridgehead atoms. The number of nitrogens with one attached hydrogen (secondary N) is 2. The van der Waals surface area contributed by atoms with Crippen molar-refractivity contribution in [2.24, 2.45) is 5.10 Å². The minimum absolute atomic E-state index is 0.324. The Balaban J connectivity index is 2.09. The molecule has 2 N–H and O–H groups in total. The molecule has 0 aromatic heterocycles. The topological polar surface area (TPSA) is 73.3 Å². The largest absolute Gasteiger partial charge is 0.495 e. The molecule has 138 valence electrons. The van der Waals surface area contributed by atoms with Gasteiger partial charge in [-0.2, -0.15) is 5.10 Å². The Bertz CT molecular complexity index is 796. The summed E-state index contributed by atoms with van der Waals surface area (Å²) < 4.78 is 21.3. The van der Waals surface area contributed by atoms with Crippen LogP contribution < -0.4 is 29.7 Å². The lowest BCUT2D eigenvalue weighted by Gasteiger charge is -2.14. The second-order valence-electron chi connectivity index (χ2n) is 4.95. The molecular weight excluding hydrogens is 354 g/mol. The molecular formula is C18H21N3O4S. The standard InChI is InChI=1S/C18H21N3O4S/c1-22-14-8-6-5-7-13(14)20-18(26)21-19-11-12-9-10-15(23-2)17(25-4)16(12)24-3/h5-11H,1-4H3,(H2,20,21,26)/b19-11-. The summed E-state index contributed by atoms with van der Waals surface area (Å²) in [6, 6.07) is 11.0. The molecule has 2 aromatic carbocycles. The van der Waals surface area contributed by atoms with Crippen LogP contribution in [-0.4, -0.2) is 39.8 Å². The molecule has 0 aliphatic carbocycles. The van der Waals surface area contributed by atoms with Crippen LogP contribution >= 0.6 is 12.2 Å². The molecule has 0 heterocycles. The lowest BCUT2D eigenvalue weighted by Crippen LogP contribution is -2.24. The fourth-order valence-electron chi connectivity index (χ4n) is 2.28. The predicted molar refractivity (Wildman–Crippen MR) is 106 cm³/mol. The van der Waals surface area contributed by atoms with Gasteiger partial charge in [0.1, 0.15) is 5.75 Å². The van der Waals surface area contributed by atoms with E-state index in [4.69, 9.17) is 31.2 Å². The summed E-state index contributed by atoms with van der Waals surface area (Å²) in [4.78, 5) is 0. The quantitative estimate of drug-likeness (QED) is 0.438. The zero-order chi connectivity index (χ0) is 18.9. The minimum atomic E-state index is 0.324. The monoisotopic (exact) mass is 375 g/mol. The Hall–Kier alpha value is -3.00. The Labute approximate surface area is 157 Å². The number of methoxy groups -OCH3 is 4. The highest BCUT2D eigenvalue weighted by molar-refractivity contribution is 7.80. The number of benzene rings is 2. The van der Waals surface area contributed by atoms with Crippen molar-refractivity contribution >= 4 is 29.2 Å². The van der Waals surface area contributed by atoms with Crippen LogP contribution in [0.2, 0.25) is 0 Å². The molecule has 0 saturated carbocycles. The van der Waals surface area contributed by atoms with Crippen LogP contribution in [0.15, 0.2) is 41.5 Å². The van der Waals surface area contributed by atoms with E-state index in [-0.39, 0.29) is 0 Å². The van der Waals surface area contributed by atoms with Gasteiger partial charge in [-0.1, -0.05) is 12.1 Å². The van der Waals surface area contributed by atoms with Crippen molar-refractivity contribution in [1.29, 1.82) is 0 Å². The number of hydrogen-bond donors (Lipinski definition) is 2. The number of rotatable bonds is 7. The number of hydrazone groups is 1. The molecule has 0 amide bonds. The molecule has 2 aromatic rings. The van der Waals surface area contributed by atoms with Crippen LogP contribution in [-0.2, 0) is 0 Å². The summed E-state index contributed by atoms with van der Waals surface area (Å²) in [6.07, 6.45) is 1.58. The van der Waals surface area contributed by atoms with Crippen LogP contribution in [0.4, 0.5) is 5.69 Å². The van der Waals surface area contributed by atoms with E-state index in [9.17, 15) is 0 Å². The number of anilines is 1. The summed E-state index contributed by atoms with van der Waals surface area (Å²) in [5.41, 5.74) is 4.20. The van der Waals surface area contributed by atoms with Gasteiger partial charge in [-0.05, 0) is 36.5 Å². The second kappa shape index (κ2) is 9.47. The van der Waals surface area contributed by atoms with E-state index in [0.717, 1.165) is 5.69 Å². The zero-order valence-corrected chi connectivity index (χ0v) is 15.8. The van der Waals surface area contributed by atoms with Crippen molar-refractivity contribution in [3.63, 3.8) is 0 Å².